The summed E-state index contributed by atoms with van der Waals surface area (Å²) in [5.41, 5.74) is 1.39. The summed E-state index contributed by atoms with van der Waals surface area (Å²) in [5.74, 6) is -0.462. The van der Waals surface area contributed by atoms with E-state index < -0.39 is 11.8 Å². The molecule has 0 aliphatic rings. The van der Waals surface area contributed by atoms with E-state index in [1.54, 1.807) is 30.3 Å². The summed E-state index contributed by atoms with van der Waals surface area (Å²) in [6.45, 7) is 3.63. The van der Waals surface area contributed by atoms with Crippen LogP contribution >= 0.6 is 0 Å². The molecular formula is C20H18N2O4. The lowest BCUT2D eigenvalue weighted by Gasteiger charge is -2.08. The zero-order chi connectivity index (χ0) is 18.5. The van der Waals surface area contributed by atoms with E-state index in [1.807, 2.05) is 31.2 Å². The second kappa shape index (κ2) is 7.65. The number of hydrogen-bond acceptors (Lipinski definition) is 5. The van der Waals surface area contributed by atoms with Gasteiger partial charge < -0.3 is 9.15 Å². The number of rotatable bonds is 4. The molecule has 0 fully saturated rings. The van der Waals surface area contributed by atoms with Gasteiger partial charge >= 0.3 is 0 Å². The average molecular weight is 350 g/mol. The number of nitrogens with zero attached hydrogens (tertiary/aromatic N) is 1. The van der Waals surface area contributed by atoms with Crippen molar-refractivity contribution in [2.24, 2.45) is 4.99 Å². The van der Waals surface area contributed by atoms with Crippen LogP contribution in [0, 0.1) is 0 Å². The van der Waals surface area contributed by atoms with E-state index in [1.165, 1.54) is 6.92 Å². The molecule has 6 nitrogen and oxygen atoms in total. The van der Waals surface area contributed by atoms with Crippen LogP contribution in [0.2, 0.25) is 0 Å². The van der Waals surface area contributed by atoms with Gasteiger partial charge in [0.1, 0.15) is 5.56 Å². The molecule has 26 heavy (non-hydrogen) atoms. The molecule has 0 unspecified atom stereocenters. The number of hydrogen-bond donors (Lipinski definition) is 1. The van der Waals surface area contributed by atoms with Crippen LogP contribution in [0.1, 0.15) is 24.2 Å². The van der Waals surface area contributed by atoms with Crippen molar-refractivity contribution >= 4 is 28.5 Å². The third-order valence-corrected chi connectivity index (χ3v) is 3.56. The predicted octanol–water partition coefficient (Wildman–Crippen LogP) is 3.34. The highest BCUT2D eigenvalue weighted by molar-refractivity contribution is 6.05. The Balaban J connectivity index is 2.26. The second-order valence-electron chi connectivity index (χ2n) is 5.53. The molecule has 132 valence electrons. The summed E-state index contributed by atoms with van der Waals surface area (Å²) in [7, 11) is 0. The fraction of sp³-hybridized carbons (Fsp3) is 0.150. The number of para-hydroxylation sites is 2. The number of carbonyl (C=O) groups excluding carboxylic acids is 2. The normalized spacial score (nSPS) is 11.4. The van der Waals surface area contributed by atoms with E-state index in [0.717, 1.165) is 0 Å². The zero-order valence-electron chi connectivity index (χ0n) is 14.5. The molecule has 3 aromatic rings. The van der Waals surface area contributed by atoms with Gasteiger partial charge in [0, 0.05) is 12.3 Å². The first-order chi connectivity index (χ1) is 12.6. The third kappa shape index (κ3) is 3.80. The van der Waals surface area contributed by atoms with Crippen LogP contribution in [0.4, 0.5) is 5.69 Å². The molecule has 3 rings (SSSR count). The monoisotopic (exact) mass is 350 g/mol. The first-order valence-corrected chi connectivity index (χ1v) is 8.20. The van der Waals surface area contributed by atoms with E-state index in [-0.39, 0.29) is 11.1 Å². The molecule has 0 saturated carbocycles. The predicted molar refractivity (Wildman–Crippen MR) is 97.2 cm³/mol. The number of imide groups is 1. The van der Waals surface area contributed by atoms with Crippen molar-refractivity contribution in [1.82, 2.24) is 5.32 Å². The van der Waals surface area contributed by atoms with Gasteiger partial charge in [-0.15, -0.1) is 0 Å². The van der Waals surface area contributed by atoms with Gasteiger partial charge in [-0.05, 0) is 31.2 Å². The fourth-order valence-electron chi connectivity index (χ4n) is 2.49. The Morgan fingerprint density at radius 1 is 1.12 bits per heavy atom. The van der Waals surface area contributed by atoms with Crippen molar-refractivity contribution in [3.05, 3.63) is 65.7 Å². The lowest BCUT2D eigenvalue weighted by molar-refractivity contribution is -0.118. The fourth-order valence-corrected chi connectivity index (χ4v) is 2.49. The Kier molecular flexibility index (Phi) is 5.12. The van der Waals surface area contributed by atoms with Gasteiger partial charge in [0.05, 0.1) is 12.3 Å². The lowest BCUT2D eigenvalue weighted by Crippen LogP contribution is -2.32. The topological polar surface area (TPSA) is 80.9 Å². The Bertz CT molecular complexity index is 1020. The molecule has 0 saturated heterocycles. The quantitative estimate of drug-likeness (QED) is 0.782. The average Bonchev–Trinajstić information content (AvgIpc) is 2.62. The van der Waals surface area contributed by atoms with Crippen LogP contribution in [-0.2, 0) is 4.79 Å². The Hall–Kier alpha value is -3.41. The summed E-state index contributed by atoms with van der Waals surface area (Å²) in [5, 5.41) is 2.94. The number of nitrogens with one attached hydrogen (secondary N) is 1. The Labute approximate surface area is 150 Å². The van der Waals surface area contributed by atoms with E-state index in [9.17, 15) is 9.59 Å². The van der Waals surface area contributed by atoms with Crippen LogP contribution in [0.25, 0.3) is 11.0 Å². The number of ether oxygens (including phenoxy) is 1. The van der Waals surface area contributed by atoms with Crippen LogP contribution in [0.3, 0.4) is 0 Å². The zero-order valence-corrected chi connectivity index (χ0v) is 14.5. The molecule has 2 aromatic carbocycles. The minimum absolute atomic E-state index is 0.106. The molecule has 0 aliphatic heterocycles. The molecular weight excluding hydrogens is 332 g/mol. The largest absolute Gasteiger partial charge is 0.490 e. The summed E-state index contributed by atoms with van der Waals surface area (Å²) in [6.07, 6.45) is 0. The molecule has 0 atom stereocenters. The van der Waals surface area contributed by atoms with Crippen LogP contribution in [-0.4, -0.2) is 18.4 Å². The summed E-state index contributed by atoms with van der Waals surface area (Å²) < 4.78 is 11.5. The molecule has 1 aromatic heterocycles. The molecule has 1 heterocycles. The standard InChI is InChI=1S/C20H18N2O4/c1-3-25-17-11-7-8-14-12-16(19(24)21-13(2)23)20(26-18(14)17)22-15-9-5-4-6-10-15/h4-12H,3H2,1-2H3,(H,21,23,24). The second-order valence-corrected chi connectivity index (χ2v) is 5.53. The van der Waals surface area contributed by atoms with E-state index in [0.29, 0.717) is 29.0 Å². The molecule has 0 spiro atoms. The summed E-state index contributed by atoms with van der Waals surface area (Å²) in [6, 6.07) is 16.2. The highest BCUT2D eigenvalue weighted by Crippen LogP contribution is 2.25. The maximum absolute atomic E-state index is 12.4. The minimum atomic E-state index is -0.570. The van der Waals surface area contributed by atoms with Gasteiger partial charge in [0.15, 0.2) is 11.3 Å². The van der Waals surface area contributed by atoms with Gasteiger partial charge in [-0.25, -0.2) is 4.99 Å². The molecule has 0 bridgehead atoms. The molecule has 0 aliphatic carbocycles. The van der Waals surface area contributed by atoms with Crippen LogP contribution < -0.4 is 15.6 Å². The van der Waals surface area contributed by atoms with Crippen LogP contribution in [0.5, 0.6) is 5.75 Å². The minimum Gasteiger partial charge on any atom is -0.490 e. The molecule has 0 radical (unpaired) electrons. The molecule has 1 N–H and O–H groups in total. The number of benzene rings is 2. The van der Waals surface area contributed by atoms with Crippen LogP contribution in [0.15, 0.2) is 64.0 Å². The van der Waals surface area contributed by atoms with Crippen molar-refractivity contribution in [2.45, 2.75) is 13.8 Å². The van der Waals surface area contributed by atoms with E-state index in [2.05, 4.69) is 10.3 Å². The van der Waals surface area contributed by atoms with Crippen molar-refractivity contribution in [3.63, 3.8) is 0 Å². The highest BCUT2D eigenvalue weighted by Gasteiger charge is 2.15. The Morgan fingerprint density at radius 2 is 1.88 bits per heavy atom. The van der Waals surface area contributed by atoms with Gasteiger partial charge in [-0.2, -0.15) is 0 Å². The van der Waals surface area contributed by atoms with E-state index >= 15 is 0 Å². The molecule has 6 heteroatoms. The summed E-state index contributed by atoms with van der Waals surface area (Å²) >= 11 is 0. The maximum atomic E-state index is 12.4. The van der Waals surface area contributed by atoms with Crippen molar-refractivity contribution in [1.29, 1.82) is 0 Å². The first kappa shape index (κ1) is 17.4. The maximum Gasteiger partial charge on any atom is 0.263 e. The smallest absolute Gasteiger partial charge is 0.263 e. The third-order valence-electron chi connectivity index (χ3n) is 3.56. The van der Waals surface area contributed by atoms with Gasteiger partial charge in [-0.3, -0.25) is 14.9 Å². The van der Waals surface area contributed by atoms with Gasteiger partial charge in [0.2, 0.25) is 11.5 Å². The first-order valence-electron chi connectivity index (χ1n) is 8.20. The Morgan fingerprint density at radius 3 is 2.58 bits per heavy atom. The summed E-state index contributed by atoms with van der Waals surface area (Å²) in [4.78, 5) is 28.2. The SMILES string of the molecule is CCOc1cccc2cc(C(=O)NC(C)=O)c(=Nc3ccccc3)oc12. The van der Waals surface area contributed by atoms with Gasteiger partial charge in [0.25, 0.3) is 5.91 Å². The lowest BCUT2D eigenvalue weighted by atomic mass is 10.1. The van der Waals surface area contributed by atoms with Crippen molar-refractivity contribution in [3.8, 4) is 5.75 Å². The highest BCUT2D eigenvalue weighted by atomic mass is 16.5. The van der Waals surface area contributed by atoms with Crippen molar-refractivity contribution in [2.75, 3.05) is 6.61 Å². The number of carbonyl (C=O) groups is 2. The van der Waals surface area contributed by atoms with E-state index in [4.69, 9.17) is 9.15 Å². The molecule has 2 amide bonds. The van der Waals surface area contributed by atoms with Crippen molar-refractivity contribution < 1.29 is 18.7 Å². The number of fused-ring (bicyclic) bond motifs is 1. The van der Waals surface area contributed by atoms with Gasteiger partial charge in [-0.1, -0.05) is 30.3 Å². The number of amides is 2.